The van der Waals surface area contributed by atoms with Crippen LogP contribution in [0.4, 0.5) is 4.39 Å². The third-order valence-corrected chi connectivity index (χ3v) is 4.15. The summed E-state index contributed by atoms with van der Waals surface area (Å²) in [5.41, 5.74) is 3.65. The van der Waals surface area contributed by atoms with Crippen molar-refractivity contribution in [2.24, 2.45) is 0 Å². The Balaban J connectivity index is 1.76. The van der Waals surface area contributed by atoms with E-state index in [-0.39, 0.29) is 11.9 Å². The third-order valence-electron chi connectivity index (χ3n) is 4.15. The molecule has 1 N–H and O–H groups in total. The molecular formula is C21H19FN2O. The highest BCUT2D eigenvalue weighted by atomic mass is 19.1. The summed E-state index contributed by atoms with van der Waals surface area (Å²) in [7, 11) is 0. The van der Waals surface area contributed by atoms with Gasteiger partial charge in [0, 0.05) is 23.5 Å². The van der Waals surface area contributed by atoms with Crippen LogP contribution in [0.5, 0.6) is 0 Å². The summed E-state index contributed by atoms with van der Waals surface area (Å²) in [6.45, 7) is 3.92. The van der Waals surface area contributed by atoms with E-state index in [9.17, 15) is 9.18 Å². The summed E-state index contributed by atoms with van der Waals surface area (Å²) < 4.78 is 14.4. The fraction of sp³-hybridized carbons (Fsp3) is 0.143. The Morgan fingerprint density at radius 2 is 1.72 bits per heavy atom. The Morgan fingerprint density at radius 1 is 1.04 bits per heavy atom. The number of pyridine rings is 1. The number of carbonyl (C=O) groups excluding carboxylic acids is 1. The lowest BCUT2D eigenvalue weighted by molar-refractivity contribution is 0.0939. The standard InChI is InChI=1S/C21H19FN2O/c1-14-3-5-16(6-4-14)15(2)24-21(25)18-7-8-19(20(22)13-18)17-9-11-23-12-10-17/h3-13,15H,1-2H3,(H,24,25). The molecule has 0 saturated heterocycles. The van der Waals surface area contributed by atoms with Gasteiger partial charge in [-0.05, 0) is 49.2 Å². The fourth-order valence-electron chi connectivity index (χ4n) is 2.64. The Kier molecular flexibility index (Phi) is 4.89. The second kappa shape index (κ2) is 7.26. The lowest BCUT2D eigenvalue weighted by Gasteiger charge is -2.15. The minimum absolute atomic E-state index is 0.156. The maximum absolute atomic E-state index is 14.4. The summed E-state index contributed by atoms with van der Waals surface area (Å²) in [6, 6.07) is 15.8. The molecule has 3 aromatic rings. The smallest absolute Gasteiger partial charge is 0.251 e. The average molecular weight is 334 g/mol. The van der Waals surface area contributed by atoms with E-state index in [1.807, 2.05) is 38.1 Å². The molecular weight excluding hydrogens is 315 g/mol. The number of nitrogens with one attached hydrogen (secondary N) is 1. The molecule has 1 amide bonds. The number of aryl methyl sites for hydroxylation is 1. The van der Waals surface area contributed by atoms with Gasteiger partial charge in [-0.25, -0.2) is 4.39 Å². The van der Waals surface area contributed by atoms with Crippen LogP contribution in [0.3, 0.4) is 0 Å². The van der Waals surface area contributed by atoms with E-state index in [2.05, 4.69) is 10.3 Å². The number of hydrogen-bond acceptors (Lipinski definition) is 2. The van der Waals surface area contributed by atoms with Gasteiger partial charge in [0.05, 0.1) is 6.04 Å². The van der Waals surface area contributed by atoms with Gasteiger partial charge in [0.15, 0.2) is 0 Å². The molecule has 0 fully saturated rings. The highest BCUT2D eigenvalue weighted by molar-refractivity contribution is 5.95. The van der Waals surface area contributed by atoms with Gasteiger partial charge in [-0.2, -0.15) is 0 Å². The van der Waals surface area contributed by atoms with Gasteiger partial charge < -0.3 is 5.32 Å². The van der Waals surface area contributed by atoms with Crippen LogP contribution < -0.4 is 5.32 Å². The third kappa shape index (κ3) is 3.91. The number of hydrogen-bond donors (Lipinski definition) is 1. The minimum atomic E-state index is -0.429. The van der Waals surface area contributed by atoms with Crippen molar-refractivity contribution in [3.63, 3.8) is 0 Å². The summed E-state index contributed by atoms with van der Waals surface area (Å²) >= 11 is 0. The SMILES string of the molecule is Cc1ccc(C(C)NC(=O)c2ccc(-c3ccncc3)c(F)c2)cc1. The Labute approximate surface area is 146 Å². The first-order valence-electron chi connectivity index (χ1n) is 8.12. The molecule has 0 saturated carbocycles. The van der Waals surface area contributed by atoms with E-state index in [0.29, 0.717) is 11.1 Å². The van der Waals surface area contributed by atoms with Crippen LogP contribution in [0, 0.1) is 12.7 Å². The number of aromatic nitrogens is 1. The zero-order valence-electron chi connectivity index (χ0n) is 14.2. The van der Waals surface area contributed by atoms with Crippen LogP contribution in [0.1, 0.15) is 34.5 Å². The molecule has 0 aliphatic carbocycles. The van der Waals surface area contributed by atoms with E-state index < -0.39 is 5.82 Å². The molecule has 3 rings (SSSR count). The number of nitrogens with zero attached hydrogens (tertiary/aromatic N) is 1. The van der Waals surface area contributed by atoms with E-state index >= 15 is 0 Å². The molecule has 0 spiro atoms. The van der Waals surface area contributed by atoms with Crippen molar-refractivity contribution in [3.05, 3.63) is 89.5 Å². The zero-order chi connectivity index (χ0) is 17.8. The van der Waals surface area contributed by atoms with E-state index in [0.717, 1.165) is 16.7 Å². The summed E-state index contributed by atoms with van der Waals surface area (Å²) in [6.07, 6.45) is 3.22. The molecule has 2 aromatic carbocycles. The second-order valence-electron chi connectivity index (χ2n) is 6.04. The van der Waals surface area contributed by atoms with Gasteiger partial charge in [0.1, 0.15) is 5.82 Å². The first kappa shape index (κ1) is 16.8. The predicted octanol–water partition coefficient (Wildman–Crippen LogP) is 4.69. The molecule has 126 valence electrons. The lowest BCUT2D eigenvalue weighted by atomic mass is 10.0. The van der Waals surface area contributed by atoms with Crippen molar-refractivity contribution >= 4 is 5.91 Å². The maximum Gasteiger partial charge on any atom is 0.251 e. The topological polar surface area (TPSA) is 42.0 Å². The molecule has 0 radical (unpaired) electrons. The maximum atomic E-state index is 14.4. The van der Waals surface area contributed by atoms with Gasteiger partial charge in [-0.1, -0.05) is 35.9 Å². The van der Waals surface area contributed by atoms with Crippen LogP contribution in [0.25, 0.3) is 11.1 Å². The van der Waals surface area contributed by atoms with Gasteiger partial charge in [0.25, 0.3) is 5.91 Å². The first-order valence-corrected chi connectivity index (χ1v) is 8.12. The number of amides is 1. The lowest BCUT2D eigenvalue weighted by Crippen LogP contribution is -2.26. The van der Waals surface area contributed by atoms with Crippen molar-refractivity contribution in [1.82, 2.24) is 10.3 Å². The summed E-state index contributed by atoms with van der Waals surface area (Å²) in [5, 5.41) is 2.90. The molecule has 0 aliphatic heterocycles. The summed E-state index contributed by atoms with van der Waals surface area (Å²) in [4.78, 5) is 16.3. The highest BCUT2D eigenvalue weighted by Gasteiger charge is 2.14. The van der Waals surface area contributed by atoms with Crippen LogP contribution >= 0.6 is 0 Å². The number of halogens is 1. The van der Waals surface area contributed by atoms with Crippen molar-refractivity contribution in [1.29, 1.82) is 0 Å². The number of carbonyl (C=O) groups is 1. The van der Waals surface area contributed by atoms with E-state index in [1.165, 1.54) is 6.07 Å². The minimum Gasteiger partial charge on any atom is -0.346 e. The van der Waals surface area contributed by atoms with Crippen LogP contribution in [0.15, 0.2) is 67.0 Å². The molecule has 4 heteroatoms. The predicted molar refractivity (Wildman–Crippen MR) is 96.7 cm³/mol. The monoisotopic (exact) mass is 334 g/mol. The molecule has 0 bridgehead atoms. The Morgan fingerprint density at radius 3 is 2.36 bits per heavy atom. The van der Waals surface area contributed by atoms with Crippen LogP contribution in [-0.2, 0) is 0 Å². The largest absolute Gasteiger partial charge is 0.346 e. The molecule has 1 heterocycles. The van der Waals surface area contributed by atoms with Crippen LogP contribution in [-0.4, -0.2) is 10.9 Å². The molecule has 25 heavy (non-hydrogen) atoms. The van der Waals surface area contributed by atoms with E-state index in [4.69, 9.17) is 0 Å². The van der Waals surface area contributed by atoms with Gasteiger partial charge in [-0.3, -0.25) is 9.78 Å². The van der Waals surface area contributed by atoms with Gasteiger partial charge in [-0.15, -0.1) is 0 Å². The van der Waals surface area contributed by atoms with Gasteiger partial charge >= 0.3 is 0 Å². The molecule has 1 atom stereocenters. The second-order valence-corrected chi connectivity index (χ2v) is 6.04. The molecule has 1 aromatic heterocycles. The first-order chi connectivity index (χ1) is 12.0. The molecule has 3 nitrogen and oxygen atoms in total. The Hall–Kier alpha value is -3.01. The number of benzene rings is 2. The van der Waals surface area contributed by atoms with Crippen molar-refractivity contribution < 1.29 is 9.18 Å². The van der Waals surface area contributed by atoms with Crippen LogP contribution in [0.2, 0.25) is 0 Å². The Bertz CT molecular complexity index is 876. The summed E-state index contributed by atoms with van der Waals surface area (Å²) in [5.74, 6) is -0.727. The molecule has 0 aliphatic rings. The quantitative estimate of drug-likeness (QED) is 0.752. The number of rotatable bonds is 4. The van der Waals surface area contributed by atoms with Crippen molar-refractivity contribution in [2.45, 2.75) is 19.9 Å². The van der Waals surface area contributed by atoms with E-state index in [1.54, 1.807) is 36.7 Å². The highest BCUT2D eigenvalue weighted by Crippen LogP contribution is 2.23. The molecule has 1 unspecified atom stereocenters. The van der Waals surface area contributed by atoms with Gasteiger partial charge in [0.2, 0.25) is 0 Å². The fourth-order valence-corrected chi connectivity index (χ4v) is 2.64. The normalized spacial score (nSPS) is 11.8. The zero-order valence-corrected chi connectivity index (χ0v) is 14.2. The van der Waals surface area contributed by atoms with Crippen molar-refractivity contribution in [3.8, 4) is 11.1 Å². The average Bonchev–Trinajstić information content (AvgIpc) is 2.62. The van der Waals surface area contributed by atoms with Crippen molar-refractivity contribution in [2.75, 3.05) is 0 Å².